The highest BCUT2D eigenvalue weighted by atomic mass is 16.3. The topological polar surface area (TPSA) is 79.3 Å². The van der Waals surface area contributed by atoms with E-state index in [-0.39, 0.29) is 29.1 Å². The number of carbonyl (C=O) groups is 2. The second-order valence-electron chi connectivity index (χ2n) is 11.7. The van der Waals surface area contributed by atoms with Gasteiger partial charge in [-0.3, -0.25) is 14.6 Å². The van der Waals surface area contributed by atoms with Crippen LogP contribution in [0.2, 0.25) is 0 Å². The predicted octanol–water partition coefficient (Wildman–Crippen LogP) is 5.31. The van der Waals surface area contributed by atoms with E-state index in [1.807, 2.05) is 30.3 Å². The summed E-state index contributed by atoms with van der Waals surface area (Å²) in [5.74, 6) is 1.39. The molecule has 5 unspecified atom stereocenters. The van der Waals surface area contributed by atoms with E-state index in [1.54, 1.807) is 12.4 Å². The van der Waals surface area contributed by atoms with Gasteiger partial charge in [0.05, 0.1) is 6.10 Å². The third kappa shape index (κ3) is 4.37. The Kier molecular flexibility index (Phi) is 6.36. The minimum atomic E-state index is -0.262. The first-order valence-corrected chi connectivity index (χ1v) is 13.9. The maximum Gasteiger partial charge on any atom is 0.251 e. The third-order valence-electron chi connectivity index (χ3n) is 9.71. The number of pyridine rings is 1. The van der Waals surface area contributed by atoms with Crippen molar-refractivity contribution in [2.45, 2.75) is 70.3 Å². The maximum absolute atomic E-state index is 12.8. The Morgan fingerprint density at radius 2 is 1.84 bits per heavy atom. The number of carbonyl (C=O) groups excluding carboxylic acids is 2. The number of aliphatic hydroxyl groups excluding tert-OH is 1. The second kappa shape index (κ2) is 9.68. The molecular formula is C32H36N2O3. The van der Waals surface area contributed by atoms with Gasteiger partial charge >= 0.3 is 0 Å². The minimum absolute atomic E-state index is 0.0592. The number of nitrogens with one attached hydrogen (secondary N) is 1. The predicted molar refractivity (Wildman–Crippen MR) is 143 cm³/mol. The van der Waals surface area contributed by atoms with Crippen LogP contribution in [-0.4, -0.2) is 34.4 Å². The molecule has 0 radical (unpaired) electrons. The quantitative estimate of drug-likeness (QED) is 0.588. The fourth-order valence-electron chi connectivity index (χ4n) is 7.77. The van der Waals surface area contributed by atoms with Crippen LogP contribution in [-0.2, 0) is 11.2 Å². The number of rotatable bonds is 5. The van der Waals surface area contributed by atoms with Gasteiger partial charge in [-0.25, -0.2) is 0 Å². The van der Waals surface area contributed by atoms with Crippen molar-refractivity contribution in [2.24, 2.45) is 17.3 Å². The smallest absolute Gasteiger partial charge is 0.251 e. The van der Waals surface area contributed by atoms with Gasteiger partial charge in [0.2, 0.25) is 0 Å². The Morgan fingerprint density at radius 1 is 1.05 bits per heavy atom. The number of aliphatic hydroxyl groups is 1. The zero-order chi connectivity index (χ0) is 25.6. The van der Waals surface area contributed by atoms with Crippen LogP contribution in [0.4, 0.5) is 0 Å². The number of hydrogen-bond donors (Lipinski definition) is 2. The number of benzene rings is 1. The molecule has 1 aromatic heterocycles. The summed E-state index contributed by atoms with van der Waals surface area (Å²) in [5.41, 5.74) is 7.14. The van der Waals surface area contributed by atoms with Crippen LogP contribution in [0.1, 0.15) is 79.3 Å². The lowest BCUT2D eigenvalue weighted by Gasteiger charge is -2.52. The van der Waals surface area contributed by atoms with Gasteiger partial charge in [0, 0.05) is 36.8 Å². The molecular weight excluding hydrogens is 460 g/mol. The zero-order valence-corrected chi connectivity index (χ0v) is 21.6. The van der Waals surface area contributed by atoms with E-state index in [2.05, 4.69) is 29.4 Å². The molecule has 0 spiro atoms. The van der Waals surface area contributed by atoms with Crippen molar-refractivity contribution in [3.63, 3.8) is 0 Å². The van der Waals surface area contributed by atoms with Gasteiger partial charge in [-0.2, -0.15) is 0 Å². The highest BCUT2D eigenvalue weighted by molar-refractivity contribution is 5.94. The molecule has 0 aliphatic heterocycles. The number of hydrogen-bond acceptors (Lipinski definition) is 4. The lowest BCUT2D eigenvalue weighted by molar-refractivity contribution is -0.114. The number of nitrogens with zero attached hydrogens (tertiary/aromatic N) is 1. The first-order valence-electron chi connectivity index (χ1n) is 13.9. The van der Waals surface area contributed by atoms with Gasteiger partial charge in [0.25, 0.3) is 5.91 Å². The van der Waals surface area contributed by atoms with Crippen molar-refractivity contribution in [1.82, 2.24) is 10.3 Å². The molecule has 2 aromatic rings. The van der Waals surface area contributed by atoms with Gasteiger partial charge in [-0.1, -0.05) is 24.6 Å². The molecule has 5 heteroatoms. The van der Waals surface area contributed by atoms with Crippen molar-refractivity contribution in [3.8, 4) is 0 Å². The van der Waals surface area contributed by atoms with E-state index < -0.39 is 0 Å². The van der Waals surface area contributed by atoms with Crippen LogP contribution in [0.25, 0.3) is 0 Å². The number of aromatic nitrogens is 1. The number of fused-ring (bicyclic) bond motifs is 4. The van der Waals surface area contributed by atoms with Crippen molar-refractivity contribution in [3.05, 3.63) is 88.3 Å². The second-order valence-corrected chi connectivity index (χ2v) is 11.7. The number of ketones is 1. The number of allylic oxidation sites excluding steroid dienone is 4. The standard InChI is InChI=1S/C32H36N2O3/c1-32-19-27(21-2-4-22(5-3-21)31(37)34-17-14-20-12-15-33-16-13-20)30-25-9-7-24(35)18-23(25)6-8-26(30)28(32)10-11-29(32)36/h2-5,12-13,15-16,18,26-29,36H,6-11,14,17,19H2,1H3,(H,34,37). The van der Waals surface area contributed by atoms with Crippen molar-refractivity contribution < 1.29 is 14.7 Å². The molecule has 2 fully saturated rings. The van der Waals surface area contributed by atoms with Gasteiger partial charge in [0.1, 0.15) is 0 Å². The molecule has 5 nitrogen and oxygen atoms in total. The van der Waals surface area contributed by atoms with E-state index in [4.69, 9.17) is 0 Å². The largest absolute Gasteiger partial charge is 0.393 e. The molecule has 6 rings (SSSR count). The van der Waals surface area contributed by atoms with Crippen molar-refractivity contribution in [1.29, 1.82) is 0 Å². The Labute approximate surface area is 219 Å². The highest BCUT2D eigenvalue weighted by Crippen LogP contribution is 2.63. The average Bonchev–Trinajstić information content (AvgIpc) is 3.22. The van der Waals surface area contributed by atoms with Crippen LogP contribution < -0.4 is 5.32 Å². The fourth-order valence-corrected chi connectivity index (χ4v) is 7.77. The van der Waals surface area contributed by atoms with Gasteiger partial charge < -0.3 is 10.4 Å². The molecule has 1 aromatic carbocycles. The Morgan fingerprint density at radius 3 is 2.62 bits per heavy atom. The molecule has 0 bridgehead atoms. The summed E-state index contributed by atoms with van der Waals surface area (Å²) in [6, 6.07) is 12.1. The van der Waals surface area contributed by atoms with Gasteiger partial charge in [0.15, 0.2) is 5.78 Å². The molecule has 0 saturated heterocycles. The van der Waals surface area contributed by atoms with E-state index in [1.165, 1.54) is 22.3 Å². The molecule has 192 valence electrons. The minimum Gasteiger partial charge on any atom is -0.393 e. The zero-order valence-electron chi connectivity index (χ0n) is 21.6. The molecule has 37 heavy (non-hydrogen) atoms. The van der Waals surface area contributed by atoms with Crippen LogP contribution in [0.3, 0.4) is 0 Å². The van der Waals surface area contributed by atoms with Crippen LogP contribution >= 0.6 is 0 Å². The first kappa shape index (κ1) is 24.3. The molecule has 2 saturated carbocycles. The van der Waals surface area contributed by atoms with Crippen molar-refractivity contribution >= 4 is 11.7 Å². The Balaban J connectivity index is 1.27. The summed E-state index contributed by atoms with van der Waals surface area (Å²) in [7, 11) is 0. The van der Waals surface area contributed by atoms with Crippen LogP contribution in [0.5, 0.6) is 0 Å². The molecule has 1 heterocycles. The van der Waals surface area contributed by atoms with Crippen LogP contribution in [0.15, 0.2) is 71.6 Å². The number of amides is 1. The SMILES string of the molecule is CC12CC(c3ccc(C(=O)NCCc4ccncc4)cc3)C3=C4CCC(=O)C=C4CCC3C1CCC2O. The molecule has 4 aliphatic rings. The summed E-state index contributed by atoms with van der Waals surface area (Å²) in [4.78, 5) is 29.0. The van der Waals surface area contributed by atoms with E-state index in [0.717, 1.165) is 50.5 Å². The normalized spacial score (nSPS) is 30.8. The summed E-state index contributed by atoms with van der Waals surface area (Å²) >= 11 is 0. The molecule has 5 atom stereocenters. The Bertz CT molecular complexity index is 1260. The lowest BCUT2D eigenvalue weighted by atomic mass is 9.53. The van der Waals surface area contributed by atoms with Gasteiger partial charge in [-0.05, 0) is 115 Å². The summed E-state index contributed by atoms with van der Waals surface area (Å²) in [6.45, 7) is 2.88. The average molecular weight is 497 g/mol. The molecule has 1 amide bonds. The van der Waals surface area contributed by atoms with Gasteiger partial charge in [-0.15, -0.1) is 0 Å². The molecule has 2 N–H and O–H groups in total. The fraction of sp³-hybridized carbons (Fsp3) is 0.469. The van der Waals surface area contributed by atoms with E-state index in [9.17, 15) is 14.7 Å². The first-order chi connectivity index (χ1) is 17.9. The van der Waals surface area contributed by atoms with Crippen LogP contribution in [0, 0.1) is 17.3 Å². The molecule has 4 aliphatic carbocycles. The highest BCUT2D eigenvalue weighted by Gasteiger charge is 2.56. The maximum atomic E-state index is 12.8. The monoisotopic (exact) mass is 496 g/mol. The Hall–Kier alpha value is -3.05. The van der Waals surface area contributed by atoms with Crippen molar-refractivity contribution in [2.75, 3.05) is 6.54 Å². The summed E-state index contributed by atoms with van der Waals surface area (Å²) < 4.78 is 0. The summed E-state index contributed by atoms with van der Waals surface area (Å²) in [6.07, 6.45) is 12.3. The van der Waals surface area contributed by atoms with E-state index >= 15 is 0 Å². The lowest BCUT2D eigenvalue weighted by Crippen LogP contribution is -2.45. The van der Waals surface area contributed by atoms with E-state index in [0.29, 0.717) is 30.4 Å². The third-order valence-corrected chi connectivity index (χ3v) is 9.71. The summed E-state index contributed by atoms with van der Waals surface area (Å²) in [5, 5.41) is 14.1.